The molecule has 1 aliphatic heterocycles. The highest BCUT2D eigenvalue weighted by Gasteiger charge is 2.15. The molecule has 110 valence electrons. The molecule has 0 bridgehead atoms. The number of nitrogens with two attached hydrogens (primary N) is 1. The molecule has 0 saturated heterocycles. The third-order valence-electron chi connectivity index (χ3n) is 3.77. The lowest BCUT2D eigenvalue weighted by atomic mass is 9.99. The molecule has 0 spiro atoms. The van der Waals surface area contributed by atoms with Crippen molar-refractivity contribution in [3.63, 3.8) is 0 Å². The van der Waals surface area contributed by atoms with Crippen LogP contribution < -0.4 is 15.8 Å². The maximum Gasteiger partial charge on any atom is 0.251 e. The van der Waals surface area contributed by atoms with Crippen LogP contribution in [0.15, 0.2) is 18.2 Å². The average molecular weight is 276 g/mol. The van der Waals surface area contributed by atoms with E-state index in [4.69, 9.17) is 10.5 Å². The van der Waals surface area contributed by atoms with Crippen molar-refractivity contribution in [3.8, 4) is 5.75 Å². The summed E-state index contributed by atoms with van der Waals surface area (Å²) in [7, 11) is 0. The second kappa shape index (κ2) is 7.29. The number of nitrogens with one attached hydrogen (secondary N) is 1. The van der Waals surface area contributed by atoms with Gasteiger partial charge in [0, 0.05) is 18.5 Å². The van der Waals surface area contributed by atoms with Crippen LogP contribution in [0.1, 0.15) is 42.1 Å². The SMILES string of the molecule is CCCC(CCN)CNC(=O)c1ccc2c(c1)CCO2. The number of hydrogen-bond acceptors (Lipinski definition) is 3. The lowest BCUT2D eigenvalue weighted by Gasteiger charge is -2.16. The van der Waals surface area contributed by atoms with Crippen LogP contribution in [-0.2, 0) is 6.42 Å². The number of ether oxygens (including phenoxy) is 1. The van der Waals surface area contributed by atoms with Crippen molar-refractivity contribution in [2.75, 3.05) is 19.7 Å². The molecule has 0 saturated carbocycles. The van der Waals surface area contributed by atoms with Gasteiger partial charge in [-0.25, -0.2) is 0 Å². The molecule has 1 unspecified atom stereocenters. The van der Waals surface area contributed by atoms with Crippen molar-refractivity contribution in [2.24, 2.45) is 11.7 Å². The van der Waals surface area contributed by atoms with Gasteiger partial charge in [0.2, 0.25) is 0 Å². The van der Waals surface area contributed by atoms with Crippen LogP contribution in [0.4, 0.5) is 0 Å². The molecule has 0 fully saturated rings. The van der Waals surface area contributed by atoms with Crippen LogP contribution in [0.5, 0.6) is 5.75 Å². The van der Waals surface area contributed by atoms with Crippen molar-refractivity contribution in [2.45, 2.75) is 32.6 Å². The minimum Gasteiger partial charge on any atom is -0.493 e. The van der Waals surface area contributed by atoms with E-state index in [0.29, 0.717) is 19.0 Å². The van der Waals surface area contributed by atoms with Gasteiger partial charge < -0.3 is 15.8 Å². The summed E-state index contributed by atoms with van der Waals surface area (Å²) in [5, 5.41) is 3.02. The molecule has 0 radical (unpaired) electrons. The van der Waals surface area contributed by atoms with Crippen molar-refractivity contribution in [1.29, 1.82) is 0 Å². The third kappa shape index (κ3) is 3.73. The summed E-state index contributed by atoms with van der Waals surface area (Å²) in [5.74, 6) is 1.39. The minimum atomic E-state index is -0.00201. The van der Waals surface area contributed by atoms with E-state index in [2.05, 4.69) is 12.2 Å². The largest absolute Gasteiger partial charge is 0.493 e. The van der Waals surface area contributed by atoms with E-state index in [-0.39, 0.29) is 5.91 Å². The zero-order chi connectivity index (χ0) is 14.4. The monoisotopic (exact) mass is 276 g/mol. The molecule has 0 aromatic heterocycles. The number of carbonyl (C=O) groups excluding carboxylic acids is 1. The quantitative estimate of drug-likeness (QED) is 0.801. The molecule has 4 nitrogen and oxygen atoms in total. The molecular weight excluding hydrogens is 252 g/mol. The number of rotatable bonds is 7. The minimum absolute atomic E-state index is 0.00201. The molecule has 4 heteroatoms. The Morgan fingerprint density at radius 1 is 1.45 bits per heavy atom. The van der Waals surface area contributed by atoms with E-state index in [9.17, 15) is 4.79 Å². The van der Waals surface area contributed by atoms with Gasteiger partial charge in [-0.1, -0.05) is 13.3 Å². The summed E-state index contributed by atoms with van der Waals surface area (Å²) in [6.07, 6.45) is 4.08. The number of carbonyl (C=O) groups is 1. The Balaban J connectivity index is 1.91. The van der Waals surface area contributed by atoms with Gasteiger partial charge in [0.25, 0.3) is 5.91 Å². The van der Waals surface area contributed by atoms with Crippen LogP contribution in [-0.4, -0.2) is 25.6 Å². The van der Waals surface area contributed by atoms with Crippen LogP contribution in [0.3, 0.4) is 0 Å². The van der Waals surface area contributed by atoms with Crippen molar-refractivity contribution in [1.82, 2.24) is 5.32 Å². The van der Waals surface area contributed by atoms with Gasteiger partial charge in [-0.15, -0.1) is 0 Å². The molecular formula is C16H24N2O2. The van der Waals surface area contributed by atoms with Gasteiger partial charge >= 0.3 is 0 Å². The summed E-state index contributed by atoms with van der Waals surface area (Å²) in [6, 6.07) is 5.66. The summed E-state index contributed by atoms with van der Waals surface area (Å²) < 4.78 is 5.45. The van der Waals surface area contributed by atoms with Crippen molar-refractivity contribution < 1.29 is 9.53 Å². The Morgan fingerprint density at radius 3 is 3.05 bits per heavy atom. The lowest BCUT2D eigenvalue weighted by molar-refractivity contribution is 0.0945. The van der Waals surface area contributed by atoms with E-state index in [1.807, 2.05) is 18.2 Å². The standard InChI is InChI=1S/C16H24N2O2/c1-2-3-12(6-8-17)11-18-16(19)14-4-5-15-13(10-14)7-9-20-15/h4-5,10,12H,2-3,6-9,11,17H2,1H3,(H,18,19). The predicted octanol–water partition coefficient (Wildman–Crippen LogP) is 2.12. The lowest BCUT2D eigenvalue weighted by Crippen LogP contribution is -2.30. The Hall–Kier alpha value is -1.55. The van der Waals surface area contributed by atoms with Crippen molar-refractivity contribution >= 4 is 5.91 Å². The molecule has 1 aromatic carbocycles. The fourth-order valence-electron chi connectivity index (χ4n) is 2.66. The predicted molar refractivity (Wildman–Crippen MR) is 80.0 cm³/mol. The van der Waals surface area contributed by atoms with Crippen LogP contribution in [0.25, 0.3) is 0 Å². The van der Waals surface area contributed by atoms with E-state index in [0.717, 1.165) is 49.2 Å². The van der Waals surface area contributed by atoms with E-state index < -0.39 is 0 Å². The smallest absolute Gasteiger partial charge is 0.251 e. The normalized spacial score (nSPS) is 14.5. The Kier molecular flexibility index (Phi) is 5.41. The zero-order valence-electron chi connectivity index (χ0n) is 12.2. The first-order valence-corrected chi connectivity index (χ1v) is 7.48. The Bertz CT molecular complexity index is 454. The Labute approximate surface area is 120 Å². The van der Waals surface area contributed by atoms with Gasteiger partial charge in [0.1, 0.15) is 5.75 Å². The van der Waals surface area contributed by atoms with E-state index in [1.54, 1.807) is 0 Å². The molecule has 0 aliphatic carbocycles. The number of fused-ring (bicyclic) bond motifs is 1. The van der Waals surface area contributed by atoms with Gasteiger partial charge in [0.05, 0.1) is 6.61 Å². The number of hydrogen-bond donors (Lipinski definition) is 2. The maximum absolute atomic E-state index is 12.2. The molecule has 2 rings (SSSR count). The molecule has 1 aliphatic rings. The first-order chi connectivity index (χ1) is 9.74. The molecule has 20 heavy (non-hydrogen) atoms. The highest BCUT2D eigenvalue weighted by Crippen LogP contribution is 2.25. The van der Waals surface area contributed by atoms with Crippen molar-refractivity contribution in [3.05, 3.63) is 29.3 Å². The molecule has 1 amide bonds. The van der Waals surface area contributed by atoms with Crippen LogP contribution in [0.2, 0.25) is 0 Å². The highest BCUT2D eigenvalue weighted by molar-refractivity contribution is 5.94. The summed E-state index contributed by atoms with van der Waals surface area (Å²) in [6.45, 7) is 4.26. The van der Waals surface area contributed by atoms with Crippen LogP contribution in [0, 0.1) is 5.92 Å². The fourth-order valence-corrected chi connectivity index (χ4v) is 2.66. The summed E-state index contributed by atoms with van der Waals surface area (Å²) in [4.78, 5) is 12.2. The maximum atomic E-state index is 12.2. The third-order valence-corrected chi connectivity index (χ3v) is 3.77. The summed E-state index contributed by atoms with van der Waals surface area (Å²) >= 11 is 0. The summed E-state index contributed by atoms with van der Waals surface area (Å²) in [5.41, 5.74) is 7.46. The Morgan fingerprint density at radius 2 is 2.30 bits per heavy atom. The molecule has 1 aromatic rings. The van der Waals surface area contributed by atoms with Gasteiger partial charge in [-0.2, -0.15) is 0 Å². The number of benzene rings is 1. The average Bonchev–Trinajstić information content (AvgIpc) is 2.92. The molecule has 1 atom stereocenters. The molecule has 3 N–H and O–H groups in total. The van der Waals surface area contributed by atoms with E-state index in [1.165, 1.54) is 0 Å². The highest BCUT2D eigenvalue weighted by atomic mass is 16.5. The molecule has 1 heterocycles. The van der Waals surface area contributed by atoms with Crippen LogP contribution >= 0.6 is 0 Å². The van der Waals surface area contributed by atoms with Gasteiger partial charge in [0.15, 0.2) is 0 Å². The first kappa shape index (κ1) is 14.9. The second-order valence-electron chi connectivity index (χ2n) is 5.36. The topological polar surface area (TPSA) is 64.3 Å². The fraction of sp³-hybridized carbons (Fsp3) is 0.562. The van der Waals surface area contributed by atoms with Gasteiger partial charge in [-0.05, 0) is 49.1 Å². The number of amides is 1. The van der Waals surface area contributed by atoms with Gasteiger partial charge in [-0.3, -0.25) is 4.79 Å². The zero-order valence-corrected chi connectivity index (χ0v) is 12.2. The first-order valence-electron chi connectivity index (χ1n) is 7.48. The van der Waals surface area contributed by atoms with E-state index >= 15 is 0 Å². The second-order valence-corrected chi connectivity index (χ2v) is 5.36.